The fourth-order valence-corrected chi connectivity index (χ4v) is 7.45. The standard InChI is InChI=1S/C32H40O8/c1-19-6-15-27-20(2)29(37-30-32(27)26(19)16-17-31(3,38-30)39-40-32)36-28(33)18-25(21-7-11-23(34-4)12-8-21)22-9-13-24(35-5)14-10-22/h7-14,19-20,25-27,29-30H,6,15-18H2,1-5H3/t19-,20-,26+,27+,29-,30-,31-,32-/m1/s1. The van der Waals surface area contributed by atoms with Gasteiger partial charge in [0.15, 0.2) is 11.9 Å². The van der Waals surface area contributed by atoms with Crippen LogP contribution in [0.25, 0.3) is 0 Å². The van der Waals surface area contributed by atoms with Gasteiger partial charge in [-0.05, 0) is 73.4 Å². The minimum Gasteiger partial charge on any atom is -0.497 e. The number of methoxy groups -OCH3 is 2. The van der Waals surface area contributed by atoms with Gasteiger partial charge in [0.25, 0.3) is 0 Å². The number of benzene rings is 2. The topological polar surface area (TPSA) is 81.7 Å². The van der Waals surface area contributed by atoms with Crippen LogP contribution in [0.5, 0.6) is 11.5 Å². The number of ether oxygens (including phenoxy) is 5. The molecule has 4 saturated heterocycles. The number of carbonyl (C=O) groups excluding carboxylic acids is 1. The summed E-state index contributed by atoms with van der Waals surface area (Å²) in [6.07, 6.45) is 2.49. The van der Waals surface area contributed by atoms with Gasteiger partial charge < -0.3 is 23.7 Å². The van der Waals surface area contributed by atoms with Gasteiger partial charge in [-0.25, -0.2) is 9.78 Å². The lowest BCUT2D eigenvalue weighted by molar-refractivity contribution is -0.576. The lowest BCUT2D eigenvalue weighted by Crippen LogP contribution is -2.70. The number of rotatable bonds is 7. The molecule has 2 aromatic carbocycles. The van der Waals surface area contributed by atoms with Gasteiger partial charge in [-0.3, -0.25) is 4.79 Å². The highest BCUT2D eigenvalue weighted by atomic mass is 17.3. The molecular weight excluding hydrogens is 512 g/mol. The summed E-state index contributed by atoms with van der Waals surface area (Å²) < 4.78 is 29.7. The quantitative estimate of drug-likeness (QED) is 0.307. The zero-order valence-corrected chi connectivity index (χ0v) is 24.0. The van der Waals surface area contributed by atoms with Gasteiger partial charge in [-0.15, -0.1) is 0 Å². The predicted octanol–water partition coefficient (Wildman–Crippen LogP) is 5.98. The van der Waals surface area contributed by atoms with Crippen LogP contribution >= 0.6 is 0 Å². The van der Waals surface area contributed by atoms with E-state index in [1.807, 2.05) is 55.5 Å². The molecule has 4 heterocycles. The summed E-state index contributed by atoms with van der Waals surface area (Å²) in [5.74, 6) is 0.845. The van der Waals surface area contributed by atoms with E-state index in [2.05, 4.69) is 13.8 Å². The molecule has 0 unspecified atom stereocenters. The first kappa shape index (κ1) is 27.5. The molecule has 0 N–H and O–H groups in total. The van der Waals surface area contributed by atoms with Crippen molar-refractivity contribution in [3.63, 3.8) is 0 Å². The Morgan fingerprint density at radius 1 is 0.900 bits per heavy atom. The van der Waals surface area contributed by atoms with Crippen molar-refractivity contribution in [1.82, 2.24) is 0 Å². The van der Waals surface area contributed by atoms with Crippen LogP contribution in [0.4, 0.5) is 0 Å². The molecule has 1 aliphatic carbocycles. The Morgan fingerprint density at radius 3 is 2.12 bits per heavy atom. The molecule has 0 aromatic heterocycles. The van der Waals surface area contributed by atoms with E-state index in [9.17, 15) is 4.79 Å². The molecule has 216 valence electrons. The molecule has 1 saturated carbocycles. The van der Waals surface area contributed by atoms with E-state index in [4.69, 9.17) is 33.5 Å². The Kier molecular flexibility index (Phi) is 7.32. The Bertz CT molecular complexity index is 1150. The second-order valence-electron chi connectivity index (χ2n) is 12.1. The monoisotopic (exact) mass is 552 g/mol. The number of carbonyl (C=O) groups is 1. The van der Waals surface area contributed by atoms with Gasteiger partial charge in [0.2, 0.25) is 12.1 Å². The molecule has 2 bridgehead atoms. The molecule has 8 heteroatoms. The predicted molar refractivity (Wildman–Crippen MR) is 145 cm³/mol. The minimum atomic E-state index is -0.875. The summed E-state index contributed by atoms with van der Waals surface area (Å²) >= 11 is 0. The first-order valence-electron chi connectivity index (χ1n) is 14.4. The highest BCUT2D eigenvalue weighted by Crippen LogP contribution is 2.60. The van der Waals surface area contributed by atoms with Gasteiger partial charge in [0, 0.05) is 24.2 Å². The lowest BCUT2D eigenvalue weighted by atomic mass is 9.58. The molecule has 4 aliphatic heterocycles. The summed E-state index contributed by atoms with van der Waals surface area (Å²) in [4.78, 5) is 25.7. The zero-order chi connectivity index (χ0) is 28.1. The Morgan fingerprint density at radius 2 is 1.52 bits per heavy atom. The summed E-state index contributed by atoms with van der Waals surface area (Å²) in [6, 6.07) is 15.6. The maximum atomic E-state index is 13.6. The molecule has 2 aromatic rings. The molecule has 5 fully saturated rings. The van der Waals surface area contributed by atoms with Crippen molar-refractivity contribution >= 4 is 5.97 Å². The van der Waals surface area contributed by atoms with Crippen molar-refractivity contribution < 1.29 is 38.3 Å². The second-order valence-corrected chi connectivity index (χ2v) is 12.1. The number of hydrogen-bond donors (Lipinski definition) is 0. The van der Waals surface area contributed by atoms with Crippen molar-refractivity contribution in [3.8, 4) is 11.5 Å². The first-order chi connectivity index (χ1) is 19.3. The lowest BCUT2D eigenvalue weighted by Gasteiger charge is -2.59. The van der Waals surface area contributed by atoms with E-state index in [-0.39, 0.29) is 36.1 Å². The smallest absolute Gasteiger partial charge is 0.309 e. The van der Waals surface area contributed by atoms with Gasteiger partial charge in [-0.1, -0.05) is 38.1 Å². The zero-order valence-electron chi connectivity index (χ0n) is 24.0. The Balaban J connectivity index is 1.24. The summed E-state index contributed by atoms with van der Waals surface area (Å²) in [5, 5.41) is 0. The average Bonchev–Trinajstić information content (AvgIpc) is 3.20. The van der Waals surface area contributed by atoms with Gasteiger partial charge in [0.1, 0.15) is 11.5 Å². The molecule has 1 spiro atoms. The Labute approximate surface area is 236 Å². The maximum absolute atomic E-state index is 13.6. The molecule has 8 atom stereocenters. The highest BCUT2D eigenvalue weighted by Gasteiger charge is 2.69. The van der Waals surface area contributed by atoms with Gasteiger partial charge >= 0.3 is 5.97 Å². The van der Waals surface area contributed by atoms with Crippen molar-refractivity contribution in [2.24, 2.45) is 23.7 Å². The highest BCUT2D eigenvalue weighted by molar-refractivity contribution is 5.71. The second kappa shape index (κ2) is 10.6. The van der Waals surface area contributed by atoms with E-state index in [0.29, 0.717) is 5.92 Å². The number of hydrogen-bond acceptors (Lipinski definition) is 8. The maximum Gasteiger partial charge on any atom is 0.309 e. The van der Waals surface area contributed by atoms with Crippen LogP contribution in [0.3, 0.4) is 0 Å². The number of fused-ring (bicyclic) bond motifs is 2. The number of esters is 1. The van der Waals surface area contributed by atoms with Crippen molar-refractivity contribution in [3.05, 3.63) is 59.7 Å². The molecule has 40 heavy (non-hydrogen) atoms. The van der Waals surface area contributed by atoms with Crippen LogP contribution < -0.4 is 9.47 Å². The van der Waals surface area contributed by atoms with Crippen LogP contribution in [-0.2, 0) is 28.8 Å². The van der Waals surface area contributed by atoms with E-state index >= 15 is 0 Å². The van der Waals surface area contributed by atoms with Crippen molar-refractivity contribution in [1.29, 1.82) is 0 Å². The third-order valence-corrected chi connectivity index (χ3v) is 9.75. The normalized spacial score (nSPS) is 36.5. The first-order valence-corrected chi connectivity index (χ1v) is 14.4. The van der Waals surface area contributed by atoms with Crippen molar-refractivity contribution in [2.45, 2.75) is 82.8 Å². The SMILES string of the molecule is COc1ccc(C(CC(=O)O[C@@H]2O[C@@H]3O[C@@]4(C)CC[C@H]5[C@H](C)CC[C@@H]([C@H]2C)[C@@]35OO4)c2ccc(OC)cc2)cc1. The third kappa shape index (κ3) is 4.69. The van der Waals surface area contributed by atoms with Crippen LogP contribution in [0, 0.1) is 23.7 Å². The van der Waals surface area contributed by atoms with Crippen molar-refractivity contribution in [2.75, 3.05) is 14.2 Å². The van der Waals surface area contributed by atoms with E-state index < -0.39 is 24.0 Å². The summed E-state index contributed by atoms with van der Waals surface area (Å²) in [6.45, 7) is 6.27. The molecule has 0 radical (unpaired) electrons. The molecule has 0 amide bonds. The average molecular weight is 553 g/mol. The Hall–Kier alpha value is -2.65. The largest absolute Gasteiger partial charge is 0.497 e. The van der Waals surface area contributed by atoms with E-state index in [1.54, 1.807) is 14.2 Å². The summed E-state index contributed by atoms with van der Waals surface area (Å²) in [5.41, 5.74) is 1.29. The van der Waals surface area contributed by atoms with Crippen LogP contribution in [-0.4, -0.2) is 44.2 Å². The van der Waals surface area contributed by atoms with Crippen LogP contribution in [0.15, 0.2) is 48.5 Å². The van der Waals surface area contributed by atoms with E-state index in [0.717, 1.165) is 48.3 Å². The summed E-state index contributed by atoms with van der Waals surface area (Å²) in [7, 11) is 3.28. The van der Waals surface area contributed by atoms with E-state index in [1.165, 1.54) is 0 Å². The molecule has 7 rings (SSSR count). The molecule has 5 aliphatic rings. The van der Waals surface area contributed by atoms with Crippen LogP contribution in [0.1, 0.15) is 69.9 Å². The van der Waals surface area contributed by atoms with Gasteiger partial charge in [0.05, 0.1) is 20.6 Å². The fourth-order valence-electron chi connectivity index (χ4n) is 7.45. The third-order valence-electron chi connectivity index (χ3n) is 9.75. The van der Waals surface area contributed by atoms with Gasteiger partial charge in [-0.2, -0.15) is 0 Å². The van der Waals surface area contributed by atoms with Crippen LogP contribution in [0.2, 0.25) is 0 Å². The fraction of sp³-hybridized carbons (Fsp3) is 0.594. The molecular formula is C32H40O8. The molecule has 8 nitrogen and oxygen atoms in total. The minimum absolute atomic E-state index is 0.0784.